The number of carbonyl (C=O) groups excluding carboxylic acids is 1. The average Bonchev–Trinajstić information content (AvgIpc) is 2.94. The summed E-state index contributed by atoms with van der Waals surface area (Å²) in [6, 6.07) is 1.67. The number of rotatable bonds is 4. The monoisotopic (exact) mass is 287 g/mol. The molecule has 1 aromatic heterocycles. The van der Waals surface area contributed by atoms with E-state index in [0.717, 1.165) is 0 Å². The zero-order valence-electron chi connectivity index (χ0n) is 10.6. The minimum atomic E-state index is -2.91. The molecule has 106 valence electrons. The Hall–Kier alpha value is -1.38. The molecule has 1 aliphatic heterocycles. The highest BCUT2D eigenvalue weighted by molar-refractivity contribution is 7.91. The van der Waals surface area contributed by atoms with Crippen molar-refractivity contribution >= 4 is 15.7 Å². The molecule has 0 aliphatic carbocycles. The van der Waals surface area contributed by atoms with Gasteiger partial charge in [-0.15, -0.1) is 0 Å². The molecule has 0 spiro atoms. The number of nitrogens with two attached hydrogens (primary N) is 1. The van der Waals surface area contributed by atoms with E-state index in [4.69, 9.17) is 10.3 Å². The summed E-state index contributed by atoms with van der Waals surface area (Å²) in [6.07, 6.45) is 2.04. The third-order valence-electron chi connectivity index (χ3n) is 3.34. The van der Waals surface area contributed by atoms with Crippen molar-refractivity contribution in [3.05, 3.63) is 23.7 Å². The smallest absolute Gasteiger partial charge is 0.301 e. The lowest BCUT2D eigenvalue weighted by atomic mass is 10.2. The molecule has 1 fully saturated rings. The van der Waals surface area contributed by atoms with Gasteiger partial charge in [0.25, 0.3) is 0 Å². The highest BCUT2D eigenvalue weighted by Crippen LogP contribution is 2.20. The predicted octanol–water partition coefficient (Wildman–Crippen LogP) is -0.498. The molecule has 0 saturated carbocycles. The van der Waals surface area contributed by atoms with Crippen LogP contribution in [0.1, 0.15) is 22.5 Å². The van der Waals surface area contributed by atoms with Crippen LogP contribution in [0.2, 0.25) is 0 Å². The van der Waals surface area contributed by atoms with Crippen molar-refractivity contribution in [1.29, 1.82) is 0 Å². The Morgan fingerprint density at radius 2 is 2.37 bits per heavy atom. The topological polar surface area (TPSA) is 106 Å². The lowest BCUT2D eigenvalue weighted by molar-refractivity contribution is 0.0923. The Kier molecular flexibility index (Phi) is 3.93. The Morgan fingerprint density at radius 3 is 2.95 bits per heavy atom. The minimum absolute atomic E-state index is 0.0197. The van der Waals surface area contributed by atoms with Crippen LogP contribution in [0.3, 0.4) is 0 Å². The van der Waals surface area contributed by atoms with Crippen LogP contribution in [0.5, 0.6) is 0 Å². The Morgan fingerprint density at radius 1 is 1.63 bits per heavy atom. The normalized spacial score (nSPS) is 21.7. The average molecular weight is 287 g/mol. The Bertz CT molecular complexity index is 566. The maximum Gasteiger partial charge on any atom is 0.301 e. The van der Waals surface area contributed by atoms with E-state index >= 15 is 0 Å². The molecule has 8 heteroatoms. The SMILES string of the molecule is CN(Cc1ccoc1C(=O)NN)C1CCS(=O)(=O)C1. The second-order valence-corrected chi connectivity index (χ2v) is 6.95. The van der Waals surface area contributed by atoms with Gasteiger partial charge in [0.1, 0.15) is 0 Å². The molecular weight excluding hydrogens is 270 g/mol. The lowest BCUT2D eigenvalue weighted by Crippen LogP contribution is -2.34. The molecule has 1 saturated heterocycles. The van der Waals surface area contributed by atoms with Crippen LogP contribution in [0.15, 0.2) is 16.7 Å². The summed E-state index contributed by atoms with van der Waals surface area (Å²) in [5.41, 5.74) is 2.71. The van der Waals surface area contributed by atoms with Gasteiger partial charge in [0.2, 0.25) is 0 Å². The van der Waals surface area contributed by atoms with Gasteiger partial charge < -0.3 is 4.42 Å². The maximum atomic E-state index is 11.5. The van der Waals surface area contributed by atoms with E-state index in [9.17, 15) is 13.2 Å². The first-order chi connectivity index (χ1) is 8.93. The molecular formula is C11H17N3O4S. The molecule has 1 aliphatic rings. The number of nitrogens with one attached hydrogen (secondary N) is 1. The van der Waals surface area contributed by atoms with E-state index in [-0.39, 0.29) is 23.3 Å². The fourth-order valence-electron chi connectivity index (χ4n) is 2.25. The first kappa shape index (κ1) is 14.0. The number of hydrogen-bond acceptors (Lipinski definition) is 6. The summed E-state index contributed by atoms with van der Waals surface area (Å²) in [5.74, 6) is 5.13. The van der Waals surface area contributed by atoms with Crippen LogP contribution in [0.25, 0.3) is 0 Å². The van der Waals surface area contributed by atoms with Gasteiger partial charge in [0.15, 0.2) is 15.6 Å². The van der Waals surface area contributed by atoms with Crippen LogP contribution >= 0.6 is 0 Å². The summed E-state index contributed by atoms with van der Waals surface area (Å²) in [7, 11) is -1.08. The number of furan rings is 1. The molecule has 0 radical (unpaired) electrons. The van der Waals surface area contributed by atoms with Crippen molar-refractivity contribution in [2.24, 2.45) is 5.84 Å². The maximum absolute atomic E-state index is 11.5. The minimum Gasteiger partial charge on any atom is -0.459 e. The van der Waals surface area contributed by atoms with E-state index in [1.54, 1.807) is 6.07 Å². The summed E-state index contributed by atoms with van der Waals surface area (Å²) in [5, 5.41) is 0. The molecule has 2 heterocycles. The molecule has 3 N–H and O–H groups in total. The van der Waals surface area contributed by atoms with Crippen molar-refractivity contribution in [2.45, 2.75) is 19.0 Å². The quantitative estimate of drug-likeness (QED) is 0.439. The van der Waals surface area contributed by atoms with Crippen LogP contribution in [-0.2, 0) is 16.4 Å². The van der Waals surface area contributed by atoms with Crippen molar-refractivity contribution in [3.8, 4) is 0 Å². The fraction of sp³-hybridized carbons (Fsp3) is 0.545. The summed E-state index contributed by atoms with van der Waals surface area (Å²) < 4.78 is 28.0. The zero-order valence-corrected chi connectivity index (χ0v) is 11.4. The van der Waals surface area contributed by atoms with Gasteiger partial charge in [-0.05, 0) is 19.5 Å². The third-order valence-corrected chi connectivity index (χ3v) is 5.09. The molecule has 0 aromatic carbocycles. The largest absolute Gasteiger partial charge is 0.459 e. The number of carbonyl (C=O) groups is 1. The molecule has 19 heavy (non-hydrogen) atoms. The number of sulfone groups is 1. The van der Waals surface area contributed by atoms with Crippen molar-refractivity contribution in [2.75, 3.05) is 18.6 Å². The first-order valence-electron chi connectivity index (χ1n) is 5.91. The number of nitrogen functional groups attached to an aromatic ring is 1. The second kappa shape index (κ2) is 5.32. The number of hydrazine groups is 1. The van der Waals surface area contributed by atoms with Crippen LogP contribution in [0, 0.1) is 0 Å². The van der Waals surface area contributed by atoms with Crippen LogP contribution < -0.4 is 11.3 Å². The second-order valence-electron chi connectivity index (χ2n) is 4.72. The van der Waals surface area contributed by atoms with E-state index in [2.05, 4.69) is 0 Å². The molecule has 1 unspecified atom stereocenters. The highest BCUT2D eigenvalue weighted by atomic mass is 32.2. The number of amides is 1. The van der Waals surface area contributed by atoms with Gasteiger partial charge in [0, 0.05) is 18.2 Å². The molecule has 2 rings (SSSR count). The summed E-state index contributed by atoms with van der Waals surface area (Å²) >= 11 is 0. The summed E-state index contributed by atoms with van der Waals surface area (Å²) in [4.78, 5) is 13.4. The van der Waals surface area contributed by atoms with Gasteiger partial charge in [0.05, 0.1) is 17.8 Å². The predicted molar refractivity (Wildman–Crippen MR) is 68.9 cm³/mol. The van der Waals surface area contributed by atoms with Crippen molar-refractivity contribution in [1.82, 2.24) is 10.3 Å². The van der Waals surface area contributed by atoms with Gasteiger partial charge in [-0.25, -0.2) is 14.3 Å². The third kappa shape index (κ3) is 3.14. The number of nitrogens with zero attached hydrogens (tertiary/aromatic N) is 1. The standard InChI is InChI=1S/C11H17N3O4S/c1-14(9-3-5-19(16,17)7-9)6-8-2-4-18-10(8)11(15)13-12/h2,4,9H,3,5-7,12H2,1H3,(H,13,15). The van der Waals surface area contributed by atoms with E-state index in [1.165, 1.54) is 6.26 Å². The number of hydrogen-bond donors (Lipinski definition) is 2. The van der Waals surface area contributed by atoms with E-state index in [0.29, 0.717) is 18.5 Å². The zero-order chi connectivity index (χ0) is 14.0. The highest BCUT2D eigenvalue weighted by Gasteiger charge is 2.31. The molecule has 1 atom stereocenters. The lowest BCUT2D eigenvalue weighted by Gasteiger charge is -2.22. The fourth-order valence-corrected chi connectivity index (χ4v) is 4.05. The van der Waals surface area contributed by atoms with Gasteiger partial charge in [-0.1, -0.05) is 0 Å². The Balaban J connectivity index is 2.06. The van der Waals surface area contributed by atoms with E-state index < -0.39 is 15.7 Å². The van der Waals surface area contributed by atoms with Gasteiger partial charge in [-0.3, -0.25) is 15.1 Å². The van der Waals surface area contributed by atoms with E-state index in [1.807, 2.05) is 17.4 Å². The molecule has 1 aromatic rings. The van der Waals surface area contributed by atoms with Crippen LogP contribution in [0.4, 0.5) is 0 Å². The van der Waals surface area contributed by atoms with Crippen molar-refractivity contribution in [3.63, 3.8) is 0 Å². The molecule has 7 nitrogen and oxygen atoms in total. The van der Waals surface area contributed by atoms with Gasteiger partial charge in [-0.2, -0.15) is 0 Å². The first-order valence-corrected chi connectivity index (χ1v) is 7.73. The van der Waals surface area contributed by atoms with Gasteiger partial charge >= 0.3 is 5.91 Å². The van der Waals surface area contributed by atoms with Crippen molar-refractivity contribution < 1.29 is 17.6 Å². The summed E-state index contributed by atoms with van der Waals surface area (Å²) in [6.45, 7) is 0.444. The molecule has 1 amide bonds. The Labute approximate surface area is 111 Å². The van der Waals surface area contributed by atoms with Crippen LogP contribution in [-0.4, -0.2) is 43.8 Å². The molecule has 0 bridgehead atoms.